The van der Waals surface area contributed by atoms with Crippen molar-refractivity contribution in [3.63, 3.8) is 0 Å². The summed E-state index contributed by atoms with van der Waals surface area (Å²) in [5.41, 5.74) is 1.90. The number of pyridine rings is 1. The van der Waals surface area contributed by atoms with Crippen molar-refractivity contribution in [2.24, 2.45) is 0 Å². The summed E-state index contributed by atoms with van der Waals surface area (Å²) in [5.74, 6) is -0.308. The molecule has 2 heterocycles. The van der Waals surface area contributed by atoms with Gasteiger partial charge in [-0.05, 0) is 30.0 Å². The molecule has 0 unspecified atom stereocenters. The van der Waals surface area contributed by atoms with Crippen molar-refractivity contribution in [1.82, 2.24) is 15.2 Å². The van der Waals surface area contributed by atoms with E-state index < -0.39 is 12.1 Å². The Labute approximate surface area is 170 Å². The topological polar surface area (TPSA) is 80.8 Å². The first-order valence-corrected chi connectivity index (χ1v) is 9.96. The lowest BCUT2D eigenvalue weighted by molar-refractivity contribution is -0.165. The average molecular weight is 395 g/mol. The first-order chi connectivity index (χ1) is 14.2. The number of amides is 2. The number of hydrogen-bond acceptors (Lipinski definition) is 5. The fraction of sp³-hybridized carbons (Fsp3) is 0.409. The summed E-state index contributed by atoms with van der Waals surface area (Å²) in [6.45, 7) is 1.20. The molecule has 1 aliphatic heterocycles. The minimum Gasteiger partial charge on any atom is -0.375 e. The Morgan fingerprint density at radius 1 is 1.21 bits per heavy atom. The van der Waals surface area contributed by atoms with E-state index in [2.05, 4.69) is 10.3 Å². The molecule has 7 nitrogen and oxygen atoms in total. The van der Waals surface area contributed by atoms with Gasteiger partial charge in [-0.25, -0.2) is 0 Å². The number of carbonyl (C=O) groups excluding carboxylic acids is 2. The van der Waals surface area contributed by atoms with Gasteiger partial charge in [0.2, 0.25) is 5.91 Å². The molecule has 1 saturated heterocycles. The molecular weight excluding hydrogens is 370 g/mol. The number of aromatic nitrogens is 1. The van der Waals surface area contributed by atoms with E-state index in [-0.39, 0.29) is 24.5 Å². The third-order valence-electron chi connectivity index (χ3n) is 5.14. The van der Waals surface area contributed by atoms with Crippen molar-refractivity contribution in [2.45, 2.75) is 37.6 Å². The van der Waals surface area contributed by atoms with Gasteiger partial charge in [0.05, 0.1) is 19.3 Å². The van der Waals surface area contributed by atoms with E-state index in [4.69, 9.17) is 9.47 Å². The summed E-state index contributed by atoms with van der Waals surface area (Å²) in [6, 6.07) is 13.3. The van der Waals surface area contributed by atoms with Gasteiger partial charge in [0.15, 0.2) is 6.10 Å². The van der Waals surface area contributed by atoms with Crippen LogP contribution in [0.15, 0.2) is 54.9 Å². The molecule has 7 heteroatoms. The van der Waals surface area contributed by atoms with Crippen LogP contribution < -0.4 is 5.32 Å². The highest BCUT2D eigenvalue weighted by Gasteiger charge is 2.47. The van der Waals surface area contributed by atoms with Crippen LogP contribution in [0.2, 0.25) is 0 Å². The van der Waals surface area contributed by atoms with Crippen LogP contribution in [0.5, 0.6) is 0 Å². The molecule has 2 aliphatic rings. The Morgan fingerprint density at radius 3 is 2.76 bits per heavy atom. The van der Waals surface area contributed by atoms with Crippen LogP contribution in [-0.4, -0.2) is 53.6 Å². The summed E-state index contributed by atoms with van der Waals surface area (Å²) in [6.07, 6.45) is 4.54. The number of ether oxygens (including phenoxy) is 2. The zero-order valence-electron chi connectivity index (χ0n) is 16.2. The minimum atomic E-state index is -0.758. The summed E-state index contributed by atoms with van der Waals surface area (Å²) >= 11 is 0. The molecule has 1 aromatic carbocycles. The van der Waals surface area contributed by atoms with Gasteiger partial charge in [-0.3, -0.25) is 14.6 Å². The van der Waals surface area contributed by atoms with Crippen LogP contribution in [0, 0.1) is 0 Å². The van der Waals surface area contributed by atoms with Gasteiger partial charge in [-0.1, -0.05) is 36.4 Å². The number of nitrogens with one attached hydrogen (secondary N) is 1. The molecule has 2 fully saturated rings. The first-order valence-electron chi connectivity index (χ1n) is 9.96. The Bertz CT molecular complexity index is 826. The van der Waals surface area contributed by atoms with Gasteiger partial charge in [0, 0.05) is 25.0 Å². The molecule has 1 aromatic heterocycles. The maximum atomic E-state index is 12.9. The number of carbonyl (C=O) groups is 2. The van der Waals surface area contributed by atoms with E-state index in [0.29, 0.717) is 19.8 Å². The Balaban J connectivity index is 1.36. The maximum Gasteiger partial charge on any atom is 0.251 e. The summed E-state index contributed by atoms with van der Waals surface area (Å²) in [4.78, 5) is 31.3. The van der Waals surface area contributed by atoms with Crippen LogP contribution in [-0.2, 0) is 25.7 Å². The van der Waals surface area contributed by atoms with Gasteiger partial charge in [-0.2, -0.15) is 0 Å². The van der Waals surface area contributed by atoms with Crippen LogP contribution in [0.3, 0.4) is 0 Å². The van der Waals surface area contributed by atoms with Crippen molar-refractivity contribution in [3.05, 3.63) is 66.0 Å². The SMILES string of the molecule is O=C(NCCOCc1ccccc1)[C@H]1OCC(=O)N(C2CC2)[C@@H]1c1cccnc1. The van der Waals surface area contributed by atoms with E-state index in [1.165, 1.54) is 0 Å². The number of nitrogens with zero attached hydrogens (tertiary/aromatic N) is 2. The zero-order chi connectivity index (χ0) is 20.1. The second-order valence-electron chi connectivity index (χ2n) is 7.32. The molecule has 1 aliphatic carbocycles. The number of benzene rings is 1. The second kappa shape index (κ2) is 9.15. The van der Waals surface area contributed by atoms with E-state index in [0.717, 1.165) is 24.0 Å². The number of hydrogen-bond donors (Lipinski definition) is 1. The van der Waals surface area contributed by atoms with E-state index in [1.807, 2.05) is 47.4 Å². The quantitative estimate of drug-likeness (QED) is 0.690. The smallest absolute Gasteiger partial charge is 0.251 e. The fourth-order valence-electron chi connectivity index (χ4n) is 3.63. The molecule has 1 saturated carbocycles. The minimum absolute atomic E-state index is 0.0726. The lowest BCUT2D eigenvalue weighted by Gasteiger charge is -2.40. The molecule has 0 bridgehead atoms. The molecule has 2 amide bonds. The first kappa shape index (κ1) is 19.5. The van der Waals surface area contributed by atoms with Crippen LogP contribution in [0.1, 0.15) is 30.0 Å². The molecule has 29 heavy (non-hydrogen) atoms. The maximum absolute atomic E-state index is 12.9. The third-order valence-corrected chi connectivity index (χ3v) is 5.14. The summed E-state index contributed by atoms with van der Waals surface area (Å²) in [7, 11) is 0. The highest BCUT2D eigenvalue weighted by molar-refractivity contribution is 5.86. The Morgan fingerprint density at radius 2 is 2.03 bits per heavy atom. The number of rotatable bonds is 8. The average Bonchev–Trinajstić information content (AvgIpc) is 3.59. The van der Waals surface area contributed by atoms with Crippen molar-refractivity contribution >= 4 is 11.8 Å². The van der Waals surface area contributed by atoms with Crippen molar-refractivity contribution in [1.29, 1.82) is 0 Å². The Hall–Kier alpha value is -2.77. The van der Waals surface area contributed by atoms with Gasteiger partial charge < -0.3 is 19.7 Å². The van der Waals surface area contributed by atoms with Gasteiger partial charge in [-0.15, -0.1) is 0 Å². The standard InChI is InChI=1S/C22H25N3O4/c26-19-15-29-21(20(25(19)18-8-9-18)17-7-4-10-23-13-17)22(27)24-11-12-28-14-16-5-2-1-3-6-16/h1-7,10,13,18,20-21H,8-9,11-12,14-15H2,(H,24,27)/t20-,21+/m1/s1. The molecule has 0 spiro atoms. The molecule has 2 aromatic rings. The van der Waals surface area contributed by atoms with Crippen LogP contribution in [0.25, 0.3) is 0 Å². The molecule has 2 atom stereocenters. The third kappa shape index (κ3) is 4.81. The van der Waals surface area contributed by atoms with Crippen molar-refractivity contribution in [2.75, 3.05) is 19.8 Å². The van der Waals surface area contributed by atoms with E-state index in [9.17, 15) is 9.59 Å². The van der Waals surface area contributed by atoms with E-state index in [1.54, 1.807) is 12.4 Å². The second-order valence-corrected chi connectivity index (χ2v) is 7.32. The van der Waals surface area contributed by atoms with Crippen molar-refractivity contribution < 1.29 is 19.1 Å². The van der Waals surface area contributed by atoms with Crippen LogP contribution >= 0.6 is 0 Å². The highest BCUT2D eigenvalue weighted by atomic mass is 16.5. The highest BCUT2D eigenvalue weighted by Crippen LogP contribution is 2.39. The largest absolute Gasteiger partial charge is 0.375 e. The summed E-state index contributed by atoms with van der Waals surface area (Å²) in [5, 5.41) is 2.89. The number of morpholine rings is 1. The Kier molecular flexibility index (Phi) is 6.17. The predicted molar refractivity (Wildman–Crippen MR) is 106 cm³/mol. The van der Waals surface area contributed by atoms with Gasteiger partial charge in [0.1, 0.15) is 6.61 Å². The fourth-order valence-corrected chi connectivity index (χ4v) is 3.63. The molecular formula is C22H25N3O4. The molecule has 1 N–H and O–H groups in total. The zero-order valence-corrected chi connectivity index (χ0v) is 16.2. The van der Waals surface area contributed by atoms with E-state index >= 15 is 0 Å². The van der Waals surface area contributed by atoms with Crippen LogP contribution in [0.4, 0.5) is 0 Å². The molecule has 4 rings (SSSR count). The monoisotopic (exact) mass is 395 g/mol. The van der Waals surface area contributed by atoms with Gasteiger partial charge in [0.25, 0.3) is 5.91 Å². The lowest BCUT2D eigenvalue weighted by atomic mass is 9.98. The predicted octanol–water partition coefficient (Wildman–Crippen LogP) is 1.85. The lowest BCUT2D eigenvalue weighted by Crippen LogP contribution is -2.55. The van der Waals surface area contributed by atoms with Gasteiger partial charge >= 0.3 is 0 Å². The molecule has 152 valence electrons. The normalized spacial score (nSPS) is 21.8. The van der Waals surface area contributed by atoms with Crippen molar-refractivity contribution in [3.8, 4) is 0 Å². The molecule has 0 radical (unpaired) electrons. The summed E-state index contributed by atoms with van der Waals surface area (Å²) < 4.78 is 11.3.